The summed E-state index contributed by atoms with van der Waals surface area (Å²) in [5.74, 6) is 0. The number of rotatable bonds is 2. The third-order valence-electron chi connectivity index (χ3n) is 3.05. The average Bonchev–Trinajstić information content (AvgIpc) is 2.35. The van der Waals surface area contributed by atoms with E-state index >= 15 is 0 Å². The minimum absolute atomic E-state index is 0.628. The maximum absolute atomic E-state index is 2.30. The van der Waals surface area contributed by atoms with Gasteiger partial charge in [0.25, 0.3) is 0 Å². The molecule has 0 atom stereocenters. The smallest absolute Gasteiger partial charge is 0.00809 e. The second-order valence-corrected chi connectivity index (χ2v) is 6.52. The molecule has 0 amide bonds. The highest BCUT2D eigenvalue weighted by Gasteiger charge is 2.01. The molecule has 3 aromatic rings. The Morgan fingerprint density at radius 2 is 1.33 bits per heavy atom. The topological polar surface area (TPSA) is 0 Å². The zero-order valence-electron chi connectivity index (χ0n) is 10.7. The summed E-state index contributed by atoms with van der Waals surface area (Å²) in [4.78, 5) is 1.35. The molecule has 0 unspecified atom stereocenters. The molecule has 0 nitrogen and oxygen atoms in total. The molecule has 3 rings (SSSR count). The number of fused-ring (bicyclic) bond motifs is 2. The molecule has 0 bridgehead atoms. The van der Waals surface area contributed by atoms with E-state index in [2.05, 4.69) is 68.4 Å². The highest BCUT2D eigenvalue weighted by molar-refractivity contribution is 7.99. The van der Waals surface area contributed by atoms with Crippen molar-refractivity contribution < 1.29 is 0 Å². The van der Waals surface area contributed by atoms with Crippen molar-refractivity contribution in [2.75, 3.05) is 0 Å². The molecule has 18 heavy (non-hydrogen) atoms. The van der Waals surface area contributed by atoms with Gasteiger partial charge in [-0.1, -0.05) is 44.2 Å². The highest BCUT2D eigenvalue weighted by atomic mass is 32.2. The predicted molar refractivity (Wildman–Crippen MR) is 82.4 cm³/mol. The van der Waals surface area contributed by atoms with E-state index in [1.54, 1.807) is 0 Å². The van der Waals surface area contributed by atoms with Gasteiger partial charge in [-0.25, -0.2) is 0 Å². The van der Waals surface area contributed by atoms with Crippen LogP contribution in [0.5, 0.6) is 0 Å². The van der Waals surface area contributed by atoms with Crippen molar-refractivity contribution in [3.63, 3.8) is 0 Å². The van der Waals surface area contributed by atoms with E-state index in [9.17, 15) is 0 Å². The second kappa shape index (κ2) is 4.66. The van der Waals surface area contributed by atoms with E-state index < -0.39 is 0 Å². The van der Waals surface area contributed by atoms with Gasteiger partial charge in [0.1, 0.15) is 0 Å². The summed E-state index contributed by atoms with van der Waals surface area (Å²) in [5, 5.41) is 5.91. The maximum atomic E-state index is 2.30. The summed E-state index contributed by atoms with van der Waals surface area (Å²) in [5.41, 5.74) is 0. The minimum Gasteiger partial charge on any atom is -0.123 e. The minimum atomic E-state index is 0.628. The lowest BCUT2D eigenvalue weighted by molar-refractivity contribution is 1.11. The number of thioether (sulfide) groups is 1. The molecule has 90 valence electrons. The summed E-state index contributed by atoms with van der Waals surface area (Å²) in [6.45, 7) is 4.46. The number of hydrogen-bond acceptors (Lipinski definition) is 1. The lowest BCUT2D eigenvalue weighted by Crippen LogP contribution is -1.85. The van der Waals surface area contributed by atoms with Gasteiger partial charge in [0, 0.05) is 10.1 Å². The summed E-state index contributed by atoms with van der Waals surface area (Å²) < 4.78 is 0. The summed E-state index contributed by atoms with van der Waals surface area (Å²) in [6, 6.07) is 19.9. The Morgan fingerprint density at radius 3 is 2.00 bits per heavy atom. The Bertz CT molecular complexity index is 698. The second-order valence-electron chi connectivity index (χ2n) is 4.87. The quantitative estimate of drug-likeness (QED) is 0.429. The molecule has 0 spiro atoms. The molecule has 0 radical (unpaired) electrons. The monoisotopic (exact) mass is 252 g/mol. The Labute approximate surface area is 112 Å². The third kappa shape index (κ3) is 2.23. The first-order valence-corrected chi connectivity index (χ1v) is 7.19. The molecule has 1 heteroatoms. The Balaban J connectivity index is 2.18. The molecular formula is C17H16S. The van der Waals surface area contributed by atoms with Gasteiger partial charge in [-0.2, -0.15) is 0 Å². The maximum Gasteiger partial charge on any atom is 0.00809 e. The van der Waals surface area contributed by atoms with Crippen LogP contribution in [-0.4, -0.2) is 5.25 Å². The molecule has 0 aliphatic heterocycles. The van der Waals surface area contributed by atoms with Crippen LogP contribution in [0.25, 0.3) is 21.5 Å². The van der Waals surface area contributed by atoms with Gasteiger partial charge in [0.2, 0.25) is 0 Å². The SMILES string of the molecule is CC(C)Sc1ccc2cc3ccccc3cc2c1. The van der Waals surface area contributed by atoms with Crippen molar-refractivity contribution >= 4 is 33.3 Å². The van der Waals surface area contributed by atoms with Gasteiger partial charge >= 0.3 is 0 Å². The van der Waals surface area contributed by atoms with Crippen LogP contribution in [-0.2, 0) is 0 Å². The number of benzene rings is 3. The van der Waals surface area contributed by atoms with E-state index in [1.165, 1.54) is 26.4 Å². The summed E-state index contributed by atoms with van der Waals surface area (Å²) >= 11 is 1.92. The summed E-state index contributed by atoms with van der Waals surface area (Å²) in [7, 11) is 0. The van der Waals surface area contributed by atoms with E-state index in [1.807, 2.05) is 11.8 Å². The van der Waals surface area contributed by atoms with Gasteiger partial charge in [-0.05, 0) is 45.8 Å². The lowest BCUT2D eigenvalue weighted by atomic mass is 10.0. The van der Waals surface area contributed by atoms with E-state index in [4.69, 9.17) is 0 Å². The Morgan fingerprint density at radius 1 is 0.722 bits per heavy atom. The molecule has 0 aliphatic rings. The largest absolute Gasteiger partial charge is 0.123 e. The third-order valence-corrected chi connectivity index (χ3v) is 4.05. The van der Waals surface area contributed by atoms with Crippen molar-refractivity contribution in [3.05, 3.63) is 54.6 Å². The van der Waals surface area contributed by atoms with Gasteiger partial charge in [0.05, 0.1) is 0 Å². The molecule has 3 aromatic carbocycles. The van der Waals surface area contributed by atoms with E-state index in [-0.39, 0.29) is 0 Å². The van der Waals surface area contributed by atoms with Crippen LogP contribution in [0, 0.1) is 0 Å². The molecule has 0 aliphatic carbocycles. The van der Waals surface area contributed by atoms with Crippen LogP contribution >= 0.6 is 11.8 Å². The van der Waals surface area contributed by atoms with Crippen LogP contribution < -0.4 is 0 Å². The normalized spacial score (nSPS) is 11.5. The van der Waals surface area contributed by atoms with Crippen LogP contribution in [0.3, 0.4) is 0 Å². The van der Waals surface area contributed by atoms with Crippen molar-refractivity contribution in [2.45, 2.75) is 24.0 Å². The Kier molecular flexibility index (Phi) is 3.00. The first-order chi connectivity index (χ1) is 8.72. The first kappa shape index (κ1) is 11.6. The fourth-order valence-electron chi connectivity index (χ4n) is 2.26. The molecule has 0 aromatic heterocycles. The fourth-order valence-corrected chi connectivity index (χ4v) is 3.15. The molecule has 0 heterocycles. The van der Waals surface area contributed by atoms with Crippen LogP contribution in [0.1, 0.15) is 13.8 Å². The van der Waals surface area contributed by atoms with Crippen molar-refractivity contribution in [1.29, 1.82) is 0 Å². The van der Waals surface area contributed by atoms with Gasteiger partial charge in [0.15, 0.2) is 0 Å². The zero-order valence-corrected chi connectivity index (χ0v) is 11.5. The molecule has 0 saturated carbocycles. The molecule has 0 saturated heterocycles. The predicted octanol–water partition coefficient (Wildman–Crippen LogP) is 5.49. The summed E-state index contributed by atoms with van der Waals surface area (Å²) in [6.07, 6.45) is 0. The first-order valence-electron chi connectivity index (χ1n) is 6.31. The zero-order chi connectivity index (χ0) is 12.5. The van der Waals surface area contributed by atoms with Gasteiger partial charge < -0.3 is 0 Å². The van der Waals surface area contributed by atoms with Crippen molar-refractivity contribution in [2.24, 2.45) is 0 Å². The van der Waals surface area contributed by atoms with Crippen LogP contribution in [0.4, 0.5) is 0 Å². The fraction of sp³-hybridized carbons (Fsp3) is 0.176. The molecule has 0 fully saturated rings. The highest BCUT2D eigenvalue weighted by Crippen LogP contribution is 2.29. The van der Waals surface area contributed by atoms with Crippen molar-refractivity contribution in [1.82, 2.24) is 0 Å². The average molecular weight is 252 g/mol. The lowest BCUT2D eigenvalue weighted by Gasteiger charge is -2.07. The van der Waals surface area contributed by atoms with Gasteiger partial charge in [-0.15, -0.1) is 11.8 Å². The van der Waals surface area contributed by atoms with Crippen molar-refractivity contribution in [3.8, 4) is 0 Å². The molecule has 0 N–H and O–H groups in total. The van der Waals surface area contributed by atoms with E-state index in [0.717, 1.165) is 0 Å². The van der Waals surface area contributed by atoms with E-state index in [0.29, 0.717) is 5.25 Å². The molecular weight excluding hydrogens is 236 g/mol. The Hall–Kier alpha value is -1.47. The van der Waals surface area contributed by atoms with Crippen LogP contribution in [0.15, 0.2) is 59.5 Å². The standard InChI is InChI=1S/C17H16S/c1-12(2)18-17-8-7-15-9-13-5-3-4-6-14(13)10-16(15)11-17/h3-12H,1-2H3. The van der Waals surface area contributed by atoms with Gasteiger partial charge in [-0.3, -0.25) is 0 Å². The van der Waals surface area contributed by atoms with Crippen LogP contribution in [0.2, 0.25) is 0 Å². The number of hydrogen-bond donors (Lipinski definition) is 0.